The highest BCUT2D eigenvalue weighted by Gasteiger charge is 2.20. The molecule has 0 spiro atoms. The van der Waals surface area contributed by atoms with Crippen molar-refractivity contribution < 1.29 is 4.79 Å². The molecule has 2 aromatic heterocycles. The normalized spacial score (nSPS) is 10.8. The van der Waals surface area contributed by atoms with E-state index in [2.05, 4.69) is 62.2 Å². The maximum absolute atomic E-state index is 13.4. The van der Waals surface area contributed by atoms with E-state index in [1.54, 1.807) is 17.5 Å². The second kappa shape index (κ2) is 10.7. The SMILES string of the molecule is CCc1ccc2nc(N(CCCn3ccnc3)C(=O)Cc3ccc(C)cc3C)sc2c1.Cl. The van der Waals surface area contributed by atoms with Gasteiger partial charge in [-0.2, -0.15) is 0 Å². The number of benzene rings is 2. The minimum absolute atomic E-state index is 0. The van der Waals surface area contributed by atoms with Gasteiger partial charge in [-0.25, -0.2) is 9.97 Å². The van der Waals surface area contributed by atoms with Crippen molar-refractivity contribution in [3.05, 3.63) is 77.4 Å². The van der Waals surface area contributed by atoms with Gasteiger partial charge in [0.15, 0.2) is 5.13 Å². The Bertz CT molecular complexity index is 1190. The number of aryl methyl sites for hydroxylation is 4. The van der Waals surface area contributed by atoms with Crippen molar-refractivity contribution in [3.63, 3.8) is 0 Å². The number of fused-ring (bicyclic) bond motifs is 1. The standard InChI is InChI=1S/C25H28N4OS.ClH/c1-4-20-7-9-22-23(15-20)31-25(27-22)29(12-5-11-28-13-10-26-17-28)24(30)16-21-8-6-18(2)14-19(21)3;/h6-10,13-15,17H,4-5,11-12,16H2,1-3H3;1H. The third-order valence-corrected chi connectivity index (χ3v) is 6.62. The van der Waals surface area contributed by atoms with E-state index >= 15 is 0 Å². The van der Waals surface area contributed by atoms with Crippen molar-refractivity contribution in [2.45, 2.75) is 46.6 Å². The quantitative estimate of drug-likeness (QED) is 0.330. The first-order valence-corrected chi connectivity index (χ1v) is 11.6. The number of rotatable bonds is 8. The molecule has 2 heterocycles. The molecule has 7 heteroatoms. The molecule has 0 N–H and O–H groups in total. The lowest BCUT2D eigenvalue weighted by Gasteiger charge is -2.20. The van der Waals surface area contributed by atoms with E-state index in [1.807, 2.05) is 22.0 Å². The molecule has 0 aliphatic rings. The summed E-state index contributed by atoms with van der Waals surface area (Å²) in [6.07, 6.45) is 7.75. The zero-order chi connectivity index (χ0) is 21.8. The molecule has 0 aliphatic heterocycles. The van der Waals surface area contributed by atoms with E-state index in [4.69, 9.17) is 4.98 Å². The van der Waals surface area contributed by atoms with Crippen molar-refractivity contribution in [2.24, 2.45) is 0 Å². The third-order valence-electron chi connectivity index (χ3n) is 5.58. The van der Waals surface area contributed by atoms with Crippen LogP contribution in [0.3, 0.4) is 0 Å². The van der Waals surface area contributed by atoms with Gasteiger partial charge in [0.2, 0.25) is 5.91 Å². The number of hydrogen-bond acceptors (Lipinski definition) is 4. The van der Waals surface area contributed by atoms with E-state index in [1.165, 1.54) is 11.1 Å². The number of amides is 1. The first kappa shape index (κ1) is 24.0. The van der Waals surface area contributed by atoms with Crippen LogP contribution in [0, 0.1) is 13.8 Å². The molecule has 1 amide bonds. The van der Waals surface area contributed by atoms with Gasteiger partial charge in [0.25, 0.3) is 0 Å². The van der Waals surface area contributed by atoms with E-state index in [0.29, 0.717) is 13.0 Å². The topological polar surface area (TPSA) is 51.0 Å². The predicted molar refractivity (Wildman–Crippen MR) is 135 cm³/mol. The molecule has 32 heavy (non-hydrogen) atoms. The monoisotopic (exact) mass is 468 g/mol. The number of aromatic nitrogens is 3. The second-order valence-corrected chi connectivity index (χ2v) is 8.97. The number of imidazole rings is 1. The molecule has 0 radical (unpaired) electrons. The van der Waals surface area contributed by atoms with Crippen LogP contribution >= 0.6 is 23.7 Å². The van der Waals surface area contributed by atoms with Gasteiger partial charge in [-0.15, -0.1) is 12.4 Å². The summed E-state index contributed by atoms with van der Waals surface area (Å²) >= 11 is 1.60. The minimum Gasteiger partial charge on any atom is -0.337 e. The van der Waals surface area contributed by atoms with Crippen LogP contribution in [0.5, 0.6) is 0 Å². The molecule has 4 rings (SSSR count). The number of hydrogen-bond donors (Lipinski definition) is 0. The zero-order valence-corrected chi connectivity index (χ0v) is 20.4. The zero-order valence-electron chi connectivity index (χ0n) is 18.7. The Labute approximate surface area is 199 Å². The fourth-order valence-corrected chi connectivity index (χ4v) is 4.82. The number of halogens is 1. The Kier molecular flexibility index (Phi) is 8.04. The number of carbonyl (C=O) groups is 1. The van der Waals surface area contributed by atoms with Gasteiger partial charge in [-0.1, -0.05) is 48.1 Å². The van der Waals surface area contributed by atoms with Gasteiger partial charge in [0.05, 0.1) is 23.0 Å². The fourth-order valence-electron chi connectivity index (χ4n) is 3.75. The minimum atomic E-state index is 0. The van der Waals surface area contributed by atoms with Crippen molar-refractivity contribution >= 4 is 45.0 Å². The molecule has 0 aliphatic carbocycles. The maximum atomic E-state index is 13.4. The highest BCUT2D eigenvalue weighted by Crippen LogP contribution is 2.30. The molecule has 2 aromatic carbocycles. The van der Waals surface area contributed by atoms with Crippen molar-refractivity contribution in [3.8, 4) is 0 Å². The Hall–Kier alpha value is -2.70. The summed E-state index contributed by atoms with van der Waals surface area (Å²) in [6.45, 7) is 7.75. The summed E-state index contributed by atoms with van der Waals surface area (Å²) in [5.74, 6) is 0.0901. The second-order valence-electron chi connectivity index (χ2n) is 7.96. The summed E-state index contributed by atoms with van der Waals surface area (Å²) < 4.78 is 3.17. The molecule has 0 saturated carbocycles. The van der Waals surface area contributed by atoms with Gasteiger partial charge in [-0.3, -0.25) is 9.69 Å². The summed E-state index contributed by atoms with van der Waals surface area (Å²) in [7, 11) is 0. The summed E-state index contributed by atoms with van der Waals surface area (Å²) in [6, 6.07) is 12.6. The summed E-state index contributed by atoms with van der Waals surface area (Å²) in [5.41, 5.74) is 5.68. The molecule has 0 unspecified atom stereocenters. The van der Waals surface area contributed by atoms with E-state index < -0.39 is 0 Å². The van der Waals surface area contributed by atoms with Gasteiger partial charge in [-0.05, 0) is 55.5 Å². The fraction of sp³-hybridized carbons (Fsp3) is 0.320. The molecular formula is C25H29ClN4OS. The molecule has 0 fully saturated rings. The molecular weight excluding hydrogens is 440 g/mol. The Balaban J connectivity index is 0.00000289. The summed E-state index contributed by atoms with van der Waals surface area (Å²) in [5, 5.41) is 0.781. The number of anilines is 1. The van der Waals surface area contributed by atoms with Gasteiger partial charge >= 0.3 is 0 Å². The molecule has 168 valence electrons. The number of carbonyl (C=O) groups excluding carboxylic acids is 1. The predicted octanol–water partition coefficient (Wildman–Crippen LogP) is 5.76. The third kappa shape index (κ3) is 5.56. The average molecular weight is 469 g/mol. The molecule has 5 nitrogen and oxygen atoms in total. The Morgan fingerprint density at radius 2 is 2.00 bits per heavy atom. The molecule has 4 aromatic rings. The van der Waals surface area contributed by atoms with Crippen LogP contribution < -0.4 is 4.90 Å². The van der Waals surface area contributed by atoms with Crippen molar-refractivity contribution in [1.29, 1.82) is 0 Å². The summed E-state index contributed by atoms with van der Waals surface area (Å²) in [4.78, 5) is 24.2. The van der Waals surface area contributed by atoms with Crippen LogP contribution in [-0.2, 0) is 24.2 Å². The van der Waals surface area contributed by atoms with Crippen LogP contribution in [-0.4, -0.2) is 27.0 Å². The highest BCUT2D eigenvalue weighted by atomic mass is 35.5. The lowest BCUT2D eigenvalue weighted by Crippen LogP contribution is -2.33. The van der Waals surface area contributed by atoms with E-state index in [0.717, 1.165) is 45.9 Å². The van der Waals surface area contributed by atoms with Crippen LogP contribution in [0.15, 0.2) is 55.1 Å². The smallest absolute Gasteiger partial charge is 0.233 e. The van der Waals surface area contributed by atoms with E-state index in [9.17, 15) is 4.79 Å². The van der Waals surface area contributed by atoms with E-state index in [-0.39, 0.29) is 18.3 Å². The molecule has 0 bridgehead atoms. The Morgan fingerprint density at radius 3 is 2.72 bits per heavy atom. The number of thiazole rings is 1. The highest BCUT2D eigenvalue weighted by molar-refractivity contribution is 7.22. The van der Waals surface area contributed by atoms with Crippen molar-refractivity contribution in [1.82, 2.24) is 14.5 Å². The van der Waals surface area contributed by atoms with Gasteiger partial charge < -0.3 is 4.57 Å². The Morgan fingerprint density at radius 1 is 1.16 bits per heavy atom. The molecule has 0 saturated heterocycles. The largest absolute Gasteiger partial charge is 0.337 e. The van der Waals surface area contributed by atoms with Crippen LogP contribution in [0.2, 0.25) is 0 Å². The van der Waals surface area contributed by atoms with Crippen molar-refractivity contribution in [2.75, 3.05) is 11.4 Å². The van der Waals surface area contributed by atoms with Gasteiger partial charge in [0, 0.05) is 25.5 Å². The van der Waals surface area contributed by atoms with Crippen LogP contribution in [0.4, 0.5) is 5.13 Å². The lowest BCUT2D eigenvalue weighted by atomic mass is 10.0. The van der Waals surface area contributed by atoms with Crippen LogP contribution in [0.25, 0.3) is 10.2 Å². The van der Waals surface area contributed by atoms with Gasteiger partial charge in [0.1, 0.15) is 0 Å². The average Bonchev–Trinajstić information content (AvgIpc) is 3.42. The first-order valence-electron chi connectivity index (χ1n) is 10.7. The lowest BCUT2D eigenvalue weighted by molar-refractivity contribution is -0.118. The maximum Gasteiger partial charge on any atom is 0.233 e. The first-order chi connectivity index (χ1) is 15.0. The number of nitrogens with zero attached hydrogens (tertiary/aromatic N) is 4. The molecule has 0 atom stereocenters. The van der Waals surface area contributed by atoms with Crippen LogP contribution in [0.1, 0.15) is 35.6 Å².